The summed E-state index contributed by atoms with van der Waals surface area (Å²) in [6, 6.07) is 3.93. The maximum atomic E-state index is 11.3. The van der Waals surface area contributed by atoms with Gasteiger partial charge in [0.2, 0.25) is 5.91 Å². The second kappa shape index (κ2) is 6.78. The van der Waals surface area contributed by atoms with Crippen molar-refractivity contribution in [1.29, 1.82) is 0 Å². The number of piperidine rings is 1. The maximum Gasteiger partial charge on any atom is 1.00 e. The molecule has 0 radical (unpaired) electrons. The van der Waals surface area contributed by atoms with Crippen molar-refractivity contribution in [2.45, 2.75) is 13.5 Å². The normalized spacial score (nSPS) is 23.3. The quantitative estimate of drug-likeness (QED) is 0.554. The van der Waals surface area contributed by atoms with Crippen molar-refractivity contribution in [1.82, 2.24) is 14.8 Å². The van der Waals surface area contributed by atoms with Gasteiger partial charge in [-0.2, -0.15) is 5.10 Å². The summed E-state index contributed by atoms with van der Waals surface area (Å²) in [6.07, 6.45) is 2.72. The Morgan fingerprint density at radius 3 is 2.54 bits per heavy atom. The van der Waals surface area contributed by atoms with Gasteiger partial charge in [0.15, 0.2) is 0 Å². The molecule has 3 heterocycles. The van der Waals surface area contributed by atoms with E-state index in [1.807, 2.05) is 19.1 Å². The van der Waals surface area contributed by atoms with Gasteiger partial charge in [0.05, 0.1) is 18.7 Å². The Morgan fingerprint density at radius 1 is 1.31 bits per heavy atom. The molecule has 1 aliphatic heterocycles. The van der Waals surface area contributed by atoms with Crippen LogP contribution in [0.5, 0.6) is 0 Å². The number of aromatic carboxylic acids is 1. The Morgan fingerprint density at radius 2 is 2.00 bits per heavy atom. The number of amides is 1. The van der Waals surface area contributed by atoms with Gasteiger partial charge in [-0.05, 0) is 30.4 Å². The number of carboxylic acid groups (broad SMARTS) is 1. The van der Waals surface area contributed by atoms with Crippen LogP contribution in [0.3, 0.4) is 0 Å². The van der Waals surface area contributed by atoms with Crippen LogP contribution in [0, 0.1) is 24.7 Å². The van der Waals surface area contributed by atoms with Gasteiger partial charge in [-0.3, -0.25) is 9.48 Å². The fourth-order valence-corrected chi connectivity index (χ4v) is 3.79. The van der Waals surface area contributed by atoms with Crippen LogP contribution in [0.1, 0.15) is 21.6 Å². The molecule has 130 valence electrons. The minimum absolute atomic E-state index is 0. The van der Waals surface area contributed by atoms with Gasteiger partial charge >= 0.3 is 18.9 Å². The Labute approximate surface area is 162 Å². The fourth-order valence-electron chi connectivity index (χ4n) is 3.79. The second-order valence-electron chi connectivity index (χ2n) is 6.79. The second-order valence-corrected chi connectivity index (χ2v) is 6.79. The number of carbonyl (C=O) groups excluding carboxylic acids is 2. The minimum Gasteiger partial charge on any atom is -0.545 e. The third kappa shape index (κ3) is 3.22. The molecule has 2 N–H and O–H groups in total. The summed E-state index contributed by atoms with van der Waals surface area (Å²) in [4.78, 5) is 28.9. The third-order valence-corrected chi connectivity index (χ3v) is 5.23. The van der Waals surface area contributed by atoms with E-state index in [9.17, 15) is 14.7 Å². The molecule has 0 aromatic carbocycles. The van der Waals surface area contributed by atoms with Crippen molar-refractivity contribution in [3.05, 3.63) is 41.3 Å². The van der Waals surface area contributed by atoms with E-state index in [-0.39, 0.29) is 36.2 Å². The van der Waals surface area contributed by atoms with Gasteiger partial charge in [-0.15, -0.1) is 0 Å². The Balaban J connectivity index is 0.00000196. The minimum atomic E-state index is -1.24. The molecule has 2 aliphatic rings. The average Bonchev–Trinajstić information content (AvgIpc) is 2.91. The molecule has 3 atom stereocenters. The molecule has 2 aromatic rings. The van der Waals surface area contributed by atoms with E-state index in [1.54, 1.807) is 4.68 Å². The summed E-state index contributed by atoms with van der Waals surface area (Å²) < 4.78 is 1.55. The molecular formula is C17H18LiN5O3. The Hall–Kier alpha value is -2.30. The van der Waals surface area contributed by atoms with Crippen LogP contribution >= 0.6 is 0 Å². The molecule has 1 saturated heterocycles. The van der Waals surface area contributed by atoms with Gasteiger partial charge in [-0.1, -0.05) is 6.07 Å². The number of fused-ring (bicyclic) bond motifs is 1. The number of nitrogens with zero attached hydrogens (tertiary/aromatic N) is 4. The molecule has 0 spiro atoms. The first-order chi connectivity index (χ1) is 11.9. The number of nitrogens with two attached hydrogens (primary N) is 1. The standard InChI is InChI=1S/C17H19N5O3.Li/c1-9-10(5-22-6-11(4-19-22)17(24)25)2-3-14(20-9)21-7-12-13(8-21)15(12)16(18)23;/h2-4,6,12-13,15H,5,7-8H2,1H3,(H2,18,23)(H,24,25);/q;+1/p-1/t12-,13+,15?;. The van der Waals surface area contributed by atoms with Crippen molar-refractivity contribution in [2.75, 3.05) is 18.0 Å². The van der Waals surface area contributed by atoms with E-state index >= 15 is 0 Å². The van der Waals surface area contributed by atoms with E-state index in [0.717, 1.165) is 30.2 Å². The molecule has 4 rings (SSSR count). The van der Waals surface area contributed by atoms with Gasteiger partial charge in [-0.25, -0.2) is 4.98 Å². The summed E-state index contributed by atoms with van der Waals surface area (Å²) in [5, 5.41) is 14.8. The molecule has 9 heteroatoms. The zero-order chi connectivity index (χ0) is 17.7. The number of aromatic nitrogens is 3. The molecule has 1 aliphatic carbocycles. The molecule has 26 heavy (non-hydrogen) atoms. The smallest absolute Gasteiger partial charge is 0.545 e. The number of carboxylic acids is 1. The number of anilines is 1. The summed E-state index contributed by atoms with van der Waals surface area (Å²) in [6.45, 7) is 4.00. The largest absolute Gasteiger partial charge is 1.00 e. The molecule has 2 fully saturated rings. The van der Waals surface area contributed by atoms with Crippen LogP contribution in [0.2, 0.25) is 0 Å². The molecule has 1 saturated carbocycles. The van der Waals surface area contributed by atoms with Crippen LogP contribution in [0.4, 0.5) is 5.82 Å². The predicted molar refractivity (Wildman–Crippen MR) is 86.5 cm³/mol. The number of hydrogen-bond acceptors (Lipinski definition) is 6. The number of hydrogen-bond donors (Lipinski definition) is 1. The summed E-state index contributed by atoms with van der Waals surface area (Å²) in [5.41, 5.74) is 7.28. The van der Waals surface area contributed by atoms with Gasteiger partial charge in [0.25, 0.3) is 0 Å². The van der Waals surface area contributed by atoms with Crippen molar-refractivity contribution < 1.29 is 33.6 Å². The summed E-state index contributed by atoms with van der Waals surface area (Å²) >= 11 is 0. The SMILES string of the molecule is Cc1nc(N2C[C@@H]3C(C(N)=O)[C@@H]3C2)ccc1Cn1cc(C(=O)[O-])cn1.[Li+]. The van der Waals surface area contributed by atoms with E-state index in [1.165, 1.54) is 12.4 Å². The summed E-state index contributed by atoms with van der Waals surface area (Å²) in [5.74, 6) is 0.238. The van der Waals surface area contributed by atoms with Crippen LogP contribution in [0.25, 0.3) is 0 Å². The van der Waals surface area contributed by atoms with Crippen molar-refractivity contribution in [2.24, 2.45) is 23.5 Å². The van der Waals surface area contributed by atoms with E-state index in [4.69, 9.17) is 5.73 Å². The number of primary amides is 1. The molecule has 0 bridgehead atoms. The molecule has 2 aromatic heterocycles. The van der Waals surface area contributed by atoms with E-state index in [0.29, 0.717) is 18.4 Å². The van der Waals surface area contributed by atoms with Gasteiger partial charge < -0.3 is 20.5 Å². The maximum absolute atomic E-state index is 11.3. The molecule has 8 nitrogen and oxygen atoms in total. The van der Waals surface area contributed by atoms with E-state index in [2.05, 4.69) is 15.0 Å². The molecule has 1 unspecified atom stereocenters. The Bertz CT molecular complexity index is 856. The summed E-state index contributed by atoms with van der Waals surface area (Å²) in [7, 11) is 0. The fraction of sp³-hybridized carbons (Fsp3) is 0.412. The molecule has 1 amide bonds. The zero-order valence-corrected chi connectivity index (χ0v) is 14.8. The topological polar surface area (TPSA) is 117 Å². The van der Waals surface area contributed by atoms with Crippen LogP contribution in [-0.4, -0.2) is 39.7 Å². The number of aryl methyl sites for hydroxylation is 1. The van der Waals surface area contributed by atoms with Crippen molar-refractivity contribution in [3.8, 4) is 0 Å². The molecular weight excluding hydrogens is 329 g/mol. The number of rotatable bonds is 5. The number of carbonyl (C=O) groups is 2. The first-order valence-corrected chi connectivity index (χ1v) is 8.18. The van der Waals surface area contributed by atoms with Crippen LogP contribution in [-0.2, 0) is 11.3 Å². The first-order valence-electron chi connectivity index (χ1n) is 8.18. The average molecular weight is 347 g/mol. The third-order valence-electron chi connectivity index (χ3n) is 5.23. The van der Waals surface area contributed by atoms with Gasteiger partial charge in [0.1, 0.15) is 5.82 Å². The zero-order valence-electron chi connectivity index (χ0n) is 14.8. The number of pyridine rings is 1. The predicted octanol–water partition coefficient (Wildman–Crippen LogP) is -3.83. The monoisotopic (exact) mass is 347 g/mol. The first kappa shape index (κ1) is 18.5. The van der Waals surface area contributed by atoms with Crippen molar-refractivity contribution in [3.63, 3.8) is 0 Å². The van der Waals surface area contributed by atoms with Crippen LogP contribution in [0.15, 0.2) is 24.5 Å². The van der Waals surface area contributed by atoms with E-state index < -0.39 is 5.97 Å². The van der Waals surface area contributed by atoms with Crippen molar-refractivity contribution >= 4 is 17.7 Å². The Kier molecular flexibility index (Phi) is 4.82. The van der Waals surface area contributed by atoms with Gasteiger partial charge in [0, 0.05) is 36.5 Å². The van der Waals surface area contributed by atoms with Crippen LogP contribution < -0.4 is 34.6 Å².